The summed E-state index contributed by atoms with van der Waals surface area (Å²) in [4.78, 5) is 0. The number of hydrogen-bond donors (Lipinski definition) is 6. The Hall–Kier alpha value is -0.840. The van der Waals surface area contributed by atoms with Crippen molar-refractivity contribution >= 4 is 0 Å². The van der Waals surface area contributed by atoms with Gasteiger partial charge in [-0.05, 0) is 62.7 Å². The molecule has 1 saturated heterocycles. The van der Waals surface area contributed by atoms with Gasteiger partial charge in [0.05, 0.1) is 25.9 Å². The molecule has 1 heterocycles. The molecular weight excluding hydrogens is 440 g/mol. The van der Waals surface area contributed by atoms with Crippen LogP contribution in [0.5, 0.6) is 0 Å². The second-order valence-electron chi connectivity index (χ2n) is 11.1. The number of aliphatic hydroxyl groups excluding tert-OH is 6. The molecule has 34 heavy (non-hydrogen) atoms. The van der Waals surface area contributed by atoms with Gasteiger partial charge in [-0.3, -0.25) is 0 Å². The third-order valence-corrected chi connectivity index (χ3v) is 9.06. The van der Waals surface area contributed by atoms with E-state index < -0.39 is 48.8 Å². The molecule has 8 nitrogen and oxygen atoms in total. The lowest BCUT2D eigenvalue weighted by atomic mass is 9.46. The van der Waals surface area contributed by atoms with Crippen molar-refractivity contribution in [3.8, 4) is 0 Å². The summed E-state index contributed by atoms with van der Waals surface area (Å²) in [6.07, 6.45) is 0.267. The normalized spacial score (nSPS) is 45.8. The van der Waals surface area contributed by atoms with Crippen LogP contribution in [0.15, 0.2) is 23.8 Å². The van der Waals surface area contributed by atoms with Gasteiger partial charge in [0.2, 0.25) is 0 Å². The van der Waals surface area contributed by atoms with Gasteiger partial charge in [0, 0.05) is 5.41 Å². The van der Waals surface area contributed by atoms with E-state index in [1.807, 2.05) is 19.9 Å². The largest absolute Gasteiger partial charge is 0.396 e. The highest BCUT2D eigenvalue weighted by Gasteiger charge is 2.57. The number of hydrogen-bond acceptors (Lipinski definition) is 8. The Balaban J connectivity index is 1.59. The van der Waals surface area contributed by atoms with E-state index in [0.29, 0.717) is 12.3 Å². The van der Waals surface area contributed by atoms with E-state index in [1.165, 1.54) is 5.57 Å². The van der Waals surface area contributed by atoms with Crippen LogP contribution in [-0.2, 0) is 9.47 Å². The second kappa shape index (κ2) is 11.0. The number of allylic oxidation sites excluding steroid dienone is 2. The van der Waals surface area contributed by atoms with Crippen molar-refractivity contribution < 1.29 is 40.1 Å². The molecule has 6 N–H and O–H groups in total. The molecule has 3 aliphatic rings. The highest BCUT2D eigenvalue weighted by molar-refractivity contribution is 5.18. The quantitative estimate of drug-likeness (QED) is 0.283. The SMILES string of the molecule is C=C1CC[C@@H]2[C@@](C)(CO)[C@H](O)CC[C@@]2(C)[C@@H]1CCC(C)=CCO[C@@H]1O[C@H](CO)[C@@H](O)[C@H](O)[C@H]1O. The zero-order valence-corrected chi connectivity index (χ0v) is 20.8. The summed E-state index contributed by atoms with van der Waals surface area (Å²) in [5.41, 5.74) is 1.86. The van der Waals surface area contributed by atoms with Gasteiger partial charge < -0.3 is 40.1 Å². The maximum atomic E-state index is 10.7. The molecule has 3 fully saturated rings. The van der Waals surface area contributed by atoms with Crippen LogP contribution in [0.2, 0.25) is 0 Å². The molecule has 3 rings (SSSR count). The van der Waals surface area contributed by atoms with Crippen molar-refractivity contribution in [2.24, 2.45) is 22.7 Å². The van der Waals surface area contributed by atoms with E-state index in [4.69, 9.17) is 9.47 Å². The maximum absolute atomic E-state index is 10.7. The van der Waals surface area contributed by atoms with E-state index in [2.05, 4.69) is 13.5 Å². The molecule has 0 bridgehead atoms. The molecule has 0 spiro atoms. The van der Waals surface area contributed by atoms with Gasteiger partial charge in [-0.1, -0.05) is 37.6 Å². The summed E-state index contributed by atoms with van der Waals surface area (Å²) in [6, 6.07) is 0. The Morgan fingerprint density at radius 2 is 1.82 bits per heavy atom. The van der Waals surface area contributed by atoms with Crippen LogP contribution in [0.1, 0.15) is 59.3 Å². The number of fused-ring (bicyclic) bond motifs is 1. The highest BCUT2D eigenvalue weighted by Crippen LogP contribution is 2.61. The molecule has 2 saturated carbocycles. The first-order valence-corrected chi connectivity index (χ1v) is 12.5. The second-order valence-corrected chi connectivity index (χ2v) is 11.1. The number of aliphatic hydroxyl groups is 6. The van der Waals surface area contributed by atoms with Crippen LogP contribution in [0.4, 0.5) is 0 Å². The van der Waals surface area contributed by atoms with Gasteiger partial charge in [0.1, 0.15) is 24.4 Å². The zero-order chi connectivity index (χ0) is 25.3. The first-order chi connectivity index (χ1) is 16.0. The standard InChI is InChI=1S/C26H44O8/c1-15(10-12-33-24-23(32)22(31)21(30)18(13-27)34-24)5-7-17-16(2)6-8-19-25(17,3)11-9-20(29)26(19,4)14-28/h10,17-24,27-32H,2,5-9,11-14H2,1,3-4H3/t17-,18-,19+,20-,21-,22+,23-,24-,25+,26-/m1/s1. The van der Waals surface area contributed by atoms with Gasteiger partial charge in [-0.25, -0.2) is 0 Å². The van der Waals surface area contributed by atoms with E-state index in [0.717, 1.165) is 37.7 Å². The smallest absolute Gasteiger partial charge is 0.187 e. The molecule has 0 aromatic heterocycles. The Kier molecular flexibility index (Phi) is 9.02. The zero-order valence-electron chi connectivity index (χ0n) is 20.8. The van der Waals surface area contributed by atoms with Crippen LogP contribution in [0.25, 0.3) is 0 Å². The van der Waals surface area contributed by atoms with Gasteiger partial charge in [-0.2, -0.15) is 0 Å². The van der Waals surface area contributed by atoms with Gasteiger partial charge in [-0.15, -0.1) is 0 Å². The van der Waals surface area contributed by atoms with Crippen molar-refractivity contribution in [1.29, 1.82) is 0 Å². The van der Waals surface area contributed by atoms with E-state index >= 15 is 0 Å². The predicted octanol–water partition coefficient (Wildman–Crippen LogP) is 1.27. The molecule has 2 aliphatic carbocycles. The fraction of sp³-hybridized carbons (Fsp3) is 0.846. The van der Waals surface area contributed by atoms with Crippen molar-refractivity contribution in [3.63, 3.8) is 0 Å². The average molecular weight is 485 g/mol. The highest BCUT2D eigenvalue weighted by atomic mass is 16.7. The summed E-state index contributed by atoms with van der Waals surface area (Å²) >= 11 is 0. The van der Waals surface area contributed by atoms with Crippen LogP contribution >= 0.6 is 0 Å². The van der Waals surface area contributed by atoms with E-state index in [-0.39, 0.29) is 24.5 Å². The molecule has 8 heteroatoms. The van der Waals surface area contributed by atoms with Gasteiger partial charge in [0.15, 0.2) is 6.29 Å². The Morgan fingerprint density at radius 3 is 2.47 bits per heavy atom. The molecule has 196 valence electrons. The van der Waals surface area contributed by atoms with Crippen LogP contribution in [0.3, 0.4) is 0 Å². The summed E-state index contributed by atoms with van der Waals surface area (Å²) < 4.78 is 11.0. The third kappa shape index (κ3) is 5.15. The fourth-order valence-corrected chi connectivity index (χ4v) is 6.70. The average Bonchev–Trinajstić information content (AvgIpc) is 2.81. The van der Waals surface area contributed by atoms with E-state index in [9.17, 15) is 30.6 Å². The lowest BCUT2D eigenvalue weighted by Gasteiger charge is -2.60. The van der Waals surface area contributed by atoms with Crippen molar-refractivity contribution in [2.75, 3.05) is 19.8 Å². The van der Waals surface area contributed by atoms with Crippen LogP contribution in [-0.4, -0.2) is 87.3 Å². The minimum Gasteiger partial charge on any atom is -0.396 e. The molecule has 0 radical (unpaired) electrons. The van der Waals surface area contributed by atoms with Crippen LogP contribution in [0, 0.1) is 22.7 Å². The Bertz CT molecular complexity index is 738. The minimum atomic E-state index is -1.45. The predicted molar refractivity (Wildman–Crippen MR) is 127 cm³/mol. The van der Waals surface area contributed by atoms with Crippen LogP contribution < -0.4 is 0 Å². The minimum absolute atomic E-state index is 0.0121. The molecule has 0 aromatic carbocycles. The van der Waals surface area contributed by atoms with Crippen molar-refractivity contribution in [3.05, 3.63) is 23.8 Å². The Labute approximate surface area is 202 Å². The molecule has 1 aliphatic heterocycles. The molecular formula is C26H44O8. The lowest BCUT2D eigenvalue weighted by Crippen LogP contribution is -2.59. The topological polar surface area (TPSA) is 140 Å². The molecule has 0 aromatic rings. The fourth-order valence-electron chi connectivity index (χ4n) is 6.70. The van der Waals surface area contributed by atoms with E-state index in [1.54, 1.807) is 0 Å². The maximum Gasteiger partial charge on any atom is 0.187 e. The van der Waals surface area contributed by atoms with Crippen molar-refractivity contribution in [1.82, 2.24) is 0 Å². The number of rotatable bonds is 8. The lowest BCUT2D eigenvalue weighted by molar-refractivity contribution is -0.298. The first-order valence-electron chi connectivity index (χ1n) is 12.5. The van der Waals surface area contributed by atoms with Gasteiger partial charge in [0.25, 0.3) is 0 Å². The summed E-state index contributed by atoms with van der Waals surface area (Å²) in [5.74, 6) is 0.544. The monoisotopic (exact) mass is 484 g/mol. The first kappa shape index (κ1) is 27.7. The third-order valence-electron chi connectivity index (χ3n) is 9.06. The summed E-state index contributed by atoms with van der Waals surface area (Å²) in [5, 5.41) is 60.0. The summed E-state index contributed by atoms with van der Waals surface area (Å²) in [6.45, 7) is 10.4. The van der Waals surface area contributed by atoms with Gasteiger partial charge >= 0.3 is 0 Å². The summed E-state index contributed by atoms with van der Waals surface area (Å²) in [7, 11) is 0. The molecule has 0 unspecified atom stereocenters. The number of ether oxygens (including phenoxy) is 2. The molecule has 10 atom stereocenters. The molecule has 0 amide bonds. The van der Waals surface area contributed by atoms with Crippen molar-refractivity contribution in [2.45, 2.75) is 96.1 Å². The Morgan fingerprint density at radius 1 is 1.12 bits per heavy atom.